The molecule has 1 saturated carbocycles. The van der Waals surface area contributed by atoms with E-state index in [2.05, 4.69) is 24.8 Å². The van der Waals surface area contributed by atoms with Crippen LogP contribution in [-0.4, -0.2) is 11.7 Å². The summed E-state index contributed by atoms with van der Waals surface area (Å²) >= 11 is 3.85. The van der Waals surface area contributed by atoms with Crippen molar-refractivity contribution in [3.05, 3.63) is 89.0 Å². The molecule has 0 spiro atoms. The van der Waals surface area contributed by atoms with E-state index in [1.165, 1.54) is 22.3 Å². The van der Waals surface area contributed by atoms with Gasteiger partial charge in [-0.3, -0.25) is 0 Å². The molecule has 29 heavy (non-hydrogen) atoms. The second-order valence-corrected chi connectivity index (χ2v) is 8.19. The van der Waals surface area contributed by atoms with Crippen molar-refractivity contribution >= 4 is 51.6 Å². The first kappa shape index (κ1) is 22.4. The number of allylic oxidation sites excluding steroid dienone is 4. The van der Waals surface area contributed by atoms with E-state index in [4.69, 9.17) is 6.13 Å². The van der Waals surface area contributed by atoms with Gasteiger partial charge in [0.25, 0.3) is 0 Å². The standard InChI is InChI=1S/C24H24I2O3/c1-17-15-21(17)16-20(5-3-2-4-14-28-25)24(18-6-10-22(27)11-7-18)19-8-12-23(29-26)13-9-19/h6-13,16,27H,1-5,14-15H2/b21-16-,24-20-. The maximum atomic E-state index is 9.76. The lowest BCUT2D eigenvalue weighted by Gasteiger charge is -2.15. The number of phenols is 1. The van der Waals surface area contributed by atoms with Crippen molar-refractivity contribution in [3.63, 3.8) is 0 Å². The predicted molar refractivity (Wildman–Crippen MR) is 135 cm³/mol. The summed E-state index contributed by atoms with van der Waals surface area (Å²) in [5.74, 6) is 1.10. The summed E-state index contributed by atoms with van der Waals surface area (Å²) in [6, 6.07) is 15.6. The van der Waals surface area contributed by atoms with Crippen LogP contribution in [0.4, 0.5) is 0 Å². The molecule has 3 nitrogen and oxygen atoms in total. The van der Waals surface area contributed by atoms with E-state index in [9.17, 15) is 5.11 Å². The third-order valence-corrected chi connectivity index (χ3v) is 5.91. The lowest BCUT2D eigenvalue weighted by atomic mass is 9.90. The molecule has 2 aromatic rings. The van der Waals surface area contributed by atoms with Gasteiger partial charge in [-0.05, 0) is 83.4 Å². The Morgan fingerprint density at radius 1 is 0.966 bits per heavy atom. The summed E-state index contributed by atoms with van der Waals surface area (Å²) in [6.45, 7) is 4.89. The Bertz CT molecular complexity index is 897. The fourth-order valence-electron chi connectivity index (χ4n) is 3.31. The molecule has 0 aromatic heterocycles. The van der Waals surface area contributed by atoms with Crippen LogP contribution in [0.5, 0.6) is 11.5 Å². The number of rotatable bonds is 10. The topological polar surface area (TPSA) is 38.7 Å². The number of hydrogen-bond donors (Lipinski definition) is 1. The van der Waals surface area contributed by atoms with Gasteiger partial charge in [0.15, 0.2) is 23.0 Å². The zero-order chi connectivity index (χ0) is 20.6. The summed E-state index contributed by atoms with van der Waals surface area (Å²) in [4.78, 5) is 0. The largest absolute Gasteiger partial charge is 0.508 e. The van der Waals surface area contributed by atoms with E-state index in [0.717, 1.165) is 55.6 Å². The van der Waals surface area contributed by atoms with Crippen molar-refractivity contribution in [1.29, 1.82) is 0 Å². The molecule has 2 aromatic carbocycles. The molecule has 5 heteroatoms. The summed E-state index contributed by atoms with van der Waals surface area (Å²) < 4.78 is 10.5. The van der Waals surface area contributed by atoms with E-state index < -0.39 is 0 Å². The SMILES string of the molecule is C=C1C/C1=C/C(CCCCCOI)=C(/c1ccc(O)cc1)c1ccc(OI)cc1. The quantitative estimate of drug-likeness (QED) is 0.220. The molecule has 0 aliphatic heterocycles. The van der Waals surface area contributed by atoms with Crippen molar-refractivity contribution < 1.29 is 11.2 Å². The highest BCUT2D eigenvalue weighted by atomic mass is 127. The minimum atomic E-state index is 0.274. The van der Waals surface area contributed by atoms with E-state index in [1.54, 1.807) is 12.1 Å². The number of halogens is 2. The smallest absolute Gasteiger partial charge is 0.192 e. The lowest BCUT2D eigenvalue weighted by Crippen LogP contribution is -1.95. The van der Waals surface area contributed by atoms with E-state index in [0.29, 0.717) is 0 Å². The Morgan fingerprint density at radius 2 is 1.59 bits per heavy atom. The van der Waals surface area contributed by atoms with E-state index in [1.807, 2.05) is 70.3 Å². The first-order valence-electron chi connectivity index (χ1n) is 9.66. The Labute approximate surface area is 200 Å². The molecule has 0 heterocycles. The molecule has 1 N–H and O–H groups in total. The molecular weight excluding hydrogens is 590 g/mol. The van der Waals surface area contributed by atoms with Crippen LogP contribution in [0.1, 0.15) is 43.2 Å². The van der Waals surface area contributed by atoms with Gasteiger partial charge in [-0.15, -0.1) is 0 Å². The van der Waals surface area contributed by atoms with Crippen LogP contribution in [0.3, 0.4) is 0 Å². The van der Waals surface area contributed by atoms with Gasteiger partial charge in [-0.1, -0.05) is 43.3 Å². The van der Waals surface area contributed by atoms with Crippen LogP contribution in [0, 0.1) is 0 Å². The second-order valence-electron chi connectivity index (χ2n) is 7.12. The molecule has 152 valence electrons. The van der Waals surface area contributed by atoms with Crippen LogP contribution in [0.25, 0.3) is 5.57 Å². The average molecular weight is 614 g/mol. The van der Waals surface area contributed by atoms with Crippen molar-refractivity contribution in [2.45, 2.75) is 32.1 Å². The minimum Gasteiger partial charge on any atom is -0.508 e. The zero-order valence-electron chi connectivity index (χ0n) is 16.2. The molecule has 3 rings (SSSR count). The Balaban J connectivity index is 2.02. The molecule has 0 unspecified atom stereocenters. The predicted octanol–water partition coefficient (Wildman–Crippen LogP) is 7.74. The highest BCUT2D eigenvalue weighted by Crippen LogP contribution is 2.39. The molecule has 1 fully saturated rings. The Kier molecular flexibility index (Phi) is 8.62. The molecular formula is C24H24I2O3. The van der Waals surface area contributed by atoms with E-state index >= 15 is 0 Å². The normalized spacial score (nSPS) is 15.4. The van der Waals surface area contributed by atoms with Crippen molar-refractivity contribution in [2.75, 3.05) is 6.61 Å². The second kappa shape index (κ2) is 11.2. The first-order valence-corrected chi connectivity index (χ1v) is 11.4. The van der Waals surface area contributed by atoms with E-state index in [-0.39, 0.29) is 5.75 Å². The Morgan fingerprint density at radius 3 is 2.14 bits per heavy atom. The number of hydrogen-bond acceptors (Lipinski definition) is 3. The fourth-order valence-corrected chi connectivity index (χ4v) is 3.91. The molecule has 0 radical (unpaired) electrons. The molecule has 1 aliphatic rings. The number of phenolic OH excluding ortho intramolecular Hbond substituents is 1. The molecule has 0 bridgehead atoms. The third-order valence-electron chi connectivity index (χ3n) is 4.96. The van der Waals surface area contributed by atoms with Gasteiger partial charge in [0.1, 0.15) is 34.5 Å². The van der Waals surface area contributed by atoms with Gasteiger partial charge in [-0.25, -0.2) is 0 Å². The maximum Gasteiger partial charge on any atom is 0.192 e. The number of aromatic hydroxyl groups is 1. The van der Waals surface area contributed by atoms with Crippen LogP contribution in [0.2, 0.25) is 0 Å². The molecule has 1 aliphatic carbocycles. The van der Waals surface area contributed by atoms with Crippen molar-refractivity contribution in [2.24, 2.45) is 0 Å². The van der Waals surface area contributed by atoms with Gasteiger partial charge in [0.2, 0.25) is 0 Å². The van der Waals surface area contributed by atoms with Gasteiger partial charge in [-0.2, -0.15) is 0 Å². The zero-order valence-corrected chi connectivity index (χ0v) is 20.5. The maximum absolute atomic E-state index is 9.76. The monoisotopic (exact) mass is 614 g/mol. The third kappa shape index (κ3) is 6.58. The summed E-state index contributed by atoms with van der Waals surface area (Å²) in [5, 5.41) is 9.76. The summed E-state index contributed by atoms with van der Waals surface area (Å²) in [6.07, 6.45) is 7.58. The fraction of sp³-hybridized carbons (Fsp3) is 0.250. The Hall–Kier alpha value is -1.32. The highest BCUT2D eigenvalue weighted by Gasteiger charge is 2.20. The molecule has 0 amide bonds. The summed E-state index contributed by atoms with van der Waals surface area (Å²) in [5.41, 5.74) is 7.30. The lowest BCUT2D eigenvalue weighted by molar-refractivity contribution is 0.403. The van der Waals surface area contributed by atoms with Gasteiger partial charge < -0.3 is 11.2 Å². The minimum absolute atomic E-state index is 0.274. The van der Waals surface area contributed by atoms with Crippen LogP contribution < -0.4 is 3.07 Å². The average Bonchev–Trinajstić information content (AvgIpc) is 3.44. The van der Waals surface area contributed by atoms with Gasteiger partial charge >= 0.3 is 0 Å². The number of unbranched alkanes of at least 4 members (excludes halogenated alkanes) is 2. The molecule has 0 atom stereocenters. The number of benzene rings is 2. The summed E-state index contributed by atoms with van der Waals surface area (Å²) in [7, 11) is 0. The van der Waals surface area contributed by atoms with Crippen LogP contribution >= 0.6 is 46.0 Å². The molecule has 0 saturated heterocycles. The first-order chi connectivity index (χ1) is 14.1. The van der Waals surface area contributed by atoms with Crippen molar-refractivity contribution in [3.8, 4) is 11.5 Å². The van der Waals surface area contributed by atoms with Gasteiger partial charge in [0, 0.05) is 0 Å². The van der Waals surface area contributed by atoms with Crippen molar-refractivity contribution in [1.82, 2.24) is 0 Å². The van der Waals surface area contributed by atoms with Crippen LogP contribution in [0.15, 0.2) is 77.9 Å². The van der Waals surface area contributed by atoms with Crippen LogP contribution in [-0.2, 0) is 3.07 Å². The highest BCUT2D eigenvalue weighted by molar-refractivity contribution is 14.1. The van der Waals surface area contributed by atoms with Gasteiger partial charge in [0.05, 0.1) is 6.61 Å².